The van der Waals surface area contributed by atoms with E-state index in [2.05, 4.69) is 4.90 Å². The highest BCUT2D eigenvalue weighted by Gasteiger charge is 2.30. The van der Waals surface area contributed by atoms with Gasteiger partial charge >= 0.3 is 0 Å². The van der Waals surface area contributed by atoms with Gasteiger partial charge in [-0.15, -0.1) is 0 Å². The van der Waals surface area contributed by atoms with E-state index in [1.165, 1.54) is 12.1 Å². The van der Waals surface area contributed by atoms with Gasteiger partial charge in [-0.2, -0.15) is 0 Å². The number of hydrogen-bond acceptors (Lipinski definition) is 4. The Labute approximate surface area is 137 Å². The number of halogens is 1. The zero-order valence-electron chi connectivity index (χ0n) is 14.2. The first-order valence-electron chi connectivity index (χ1n) is 7.95. The van der Waals surface area contributed by atoms with Crippen molar-refractivity contribution in [3.05, 3.63) is 35.6 Å². The lowest BCUT2D eigenvalue weighted by molar-refractivity contribution is -0.138. The number of likely N-dealkylation sites (N-methyl/N-ethyl adjacent to an activating group) is 1. The predicted octanol–water partition coefficient (Wildman–Crippen LogP) is 1.22. The molecule has 1 amide bonds. The highest BCUT2D eigenvalue weighted by Crippen LogP contribution is 2.22. The number of nitrogens with zero attached hydrogens (tertiary/aromatic N) is 3. The van der Waals surface area contributed by atoms with Crippen LogP contribution in [0.3, 0.4) is 0 Å². The molecule has 128 valence electrons. The summed E-state index contributed by atoms with van der Waals surface area (Å²) in [5, 5.41) is 0. The van der Waals surface area contributed by atoms with Gasteiger partial charge in [0.2, 0.25) is 5.91 Å². The average Bonchev–Trinajstić information content (AvgIpc) is 2.53. The van der Waals surface area contributed by atoms with Gasteiger partial charge in [0.1, 0.15) is 11.9 Å². The molecule has 1 saturated heterocycles. The number of methoxy groups -OCH3 is 1. The molecule has 0 aromatic heterocycles. The highest BCUT2D eigenvalue weighted by atomic mass is 19.1. The van der Waals surface area contributed by atoms with Crippen LogP contribution in [0.2, 0.25) is 0 Å². The monoisotopic (exact) mass is 323 g/mol. The zero-order valence-corrected chi connectivity index (χ0v) is 14.2. The molecule has 0 aliphatic carbocycles. The van der Waals surface area contributed by atoms with Crippen LogP contribution in [0.15, 0.2) is 24.3 Å². The van der Waals surface area contributed by atoms with Crippen molar-refractivity contribution in [1.29, 1.82) is 0 Å². The van der Waals surface area contributed by atoms with Crippen LogP contribution in [0.25, 0.3) is 0 Å². The Hall–Kier alpha value is -1.50. The van der Waals surface area contributed by atoms with Crippen molar-refractivity contribution in [2.75, 3.05) is 60.5 Å². The number of ether oxygens (including phenoxy) is 1. The molecule has 1 aromatic rings. The molecular formula is C17H26FN3O2. The summed E-state index contributed by atoms with van der Waals surface area (Å²) in [6.45, 7) is 4.68. The van der Waals surface area contributed by atoms with E-state index >= 15 is 0 Å². The van der Waals surface area contributed by atoms with E-state index in [0.29, 0.717) is 25.3 Å². The predicted molar refractivity (Wildman–Crippen MR) is 87.7 cm³/mol. The summed E-state index contributed by atoms with van der Waals surface area (Å²) in [5.74, 6) is -0.279. The van der Waals surface area contributed by atoms with Gasteiger partial charge in [-0.25, -0.2) is 4.39 Å². The number of piperazine rings is 1. The molecule has 2 rings (SSSR count). The van der Waals surface area contributed by atoms with Crippen LogP contribution < -0.4 is 0 Å². The van der Waals surface area contributed by atoms with Crippen LogP contribution in [-0.2, 0) is 9.53 Å². The third-order valence-electron chi connectivity index (χ3n) is 4.21. The van der Waals surface area contributed by atoms with E-state index < -0.39 is 6.04 Å². The number of hydrogen-bond donors (Lipinski definition) is 0. The minimum Gasteiger partial charge on any atom is -0.383 e. The van der Waals surface area contributed by atoms with Crippen molar-refractivity contribution >= 4 is 5.91 Å². The first-order valence-corrected chi connectivity index (χ1v) is 7.95. The van der Waals surface area contributed by atoms with Crippen molar-refractivity contribution in [2.45, 2.75) is 6.04 Å². The zero-order chi connectivity index (χ0) is 16.8. The number of rotatable bonds is 6. The molecule has 1 aliphatic rings. The maximum absolute atomic E-state index is 13.5. The molecule has 0 saturated carbocycles. The standard InChI is InChI=1S/C17H26FN3O2/c1-19(2)16(14-5-4-6-15(18)13-14)17(22)21-9-7-20(8-10-21)11-12-23-3/h4-6,13,16H,7-12H2,1-3H3/t16-/m1/s1. The van der Waals surface area contributed by atoms with E-state index in [1.54, 1.807) is 19.2 Å². The maximum atomic E-state index is 13.5. The van der Waals surface area contributed by atoms with Gasteiger partial charge in [0, 0.05) is 39.8 Å². The Morgan fingerprint density at radius 3 is 2.57 bits per heavy atom. The lowest BCUT2D eigenvalue weighted by atomic mass is 10.0. The second-order valence-corrected chi connectivity index (χ2v) is 6.08. The molecular weight excluding hydrogens is 297 g/mol. The average molecular weight is 323 g/mol. The lowest BCUT2D eigenvalue weighted by Gasteiger charge is -2.37. The molecule has 1 aliphatic heterocycles. The van der Waals surface area contributed by atoms with E-state index in [4.69, 9.17) is 4.74 Å². The largest absolute Gasteiger partial charge is 0.383 e. The number of benzene rings is 1. The summed E-state index contributed by atoms with van der Waals surface area (Å²) in [6.07, 6.45) is 0. The third kappa shape index (κ3) is 4.73. The quantitative estimate of drug-likeness (QED) is 0.789. The molecule has 1 fully saturated rings. The molecule has 0 spiro atoms. The fraction of sp³-hybridized carbons (Fsp3) is 0.588. The minimum absolute atomic E-state index is 0.0343. The van der Waals surface area contributed by atoms with Crippen molar-refractivity contribution in [3.63, 3.8) is 0 Å². The Morgan fingerprint density at radius 1 is 1.30 bits per heavy atom. The van der Waals surface area contributed by atoms with E-state index in [0.717, 1.165) is 19.6 Å². The smallest absolute Gasteiger partial charge is 0.244 e. The van der Waals surface area contributed by atoms with Crippen LogP contribution in [-0.4, -0.2) is 81.1 Å². The second kappa shape index (κ2) is 8.38. The Kier molecular flexibility index (Phi) is 6.50. The molecule has 1 atom stereocenters. The van der Waals surface area contributed by atoms with Gasteiger partial charge in [-0.05, 0) is 31.8 Å². The second-order valence-electron chi connectivity index (χ2n) is 6.08. The van der Waals surface area contributed by atoms with Gasteiger partial charge < -0.3 is 9.64 Å². The SMILES string of the molecule is COCCN1CCN(C(=O)[C@@H](c2cccc(F)c2)N(C)C)CC1. The first kappa shape index (κ1) is 17.8. The normalized spacial score (nSPS) is 17.5. The number of carbonyl (C=O) groups is 1. The summed E-state index contributed by atoms with van der Waals surface area (Å²) < 4.78 is 18.6. The van der Waals surface area contributed by atoms with Crippen LogP contribution in [0.4, 0.5) is 4.39 Å². The fourth-order valence-corrected chi connectivity index (χ4v) is 2.92. The van der Waals surface area contributed by atoms with Gasteiger partial charge in [-0.1, -0.05) is 12.1 Å². The highest BCUT2D eigenvalue weighted by molar-refractivity contribution is 5.83. The Morgan fingerprint density at radius 2 is 2.00 bits per heavy atom. The van der Waals surface area contributed by atoms with Gasteiger partial charge in [-0.3, -0.25) is 14.6 Å². The maximum Gasteiger partial charge on any atom is 0.244 e. The number of amides is 1. The van der Waals surface area contributed by atoms with Gasteiger partial charge in [0.05, 0.1) is 6.61 Å². The molecule has 0 bridgehead atoms. The van der Waals surface area contributed by atoms with Crippen molar-refractivity contribution in [3.8, 4) is 0 Å². The van der Waals surface area contributed by atoms with E-state index in [-0.39, 0.29) is 11.7 Å². The molecule has 6 heteroatoms. The summed E-state index contributed by atoms with van der Waals surface area (Å²) in [7, 11) is 5.39. The molecule has 1 heterocycles. The summed E-state index contributed by atoms with van der Waals surface area (Å²) in [6, 6.07) is 5.85. The van der Waals surface area contributed by atoms with Gasteiger partial charge in [0.25, 0.3) is 0 Å². The third-order valence-corrected chi connectivity index (χ3v) is 4.21. The topological polar surface area (TPSA) is 36.0 Å². The van der Waals surface area contributed by atoms with E-state index in [1.807, 2.05) is 23.9 Å². The molecule has 0 N–H and O–H groups in total. The van der Waals surface area contributed by atoms with E-state index in [9.17, 15) is 9.18 Å². The fourth-order valence-electron chi connectivity index (χ4n) is 2.92. The summed E-state index contributed by atoms with van der Waals surface area (Å²) >= 11 is 0. The lowest BCUT2D eigenvalue weighted by Crippen LogP contribution is -2.52. The molecule has 5 nitrogen and oxygen atoms in total. The van der Waals surface area contributed by atoms with Crippen LogP contribution in [0.1, 0.15) is 11.6 Å². The number of carbonyl (C=O) groups excluding carboxylic acids is 1. The van der Waals surface area contributed by atoms with Crippen LogP contribution in [0, 0.1) is 5.82 Å². The molecule has 23 heavy (non-hydrogen) atoms. The minimum atomic E-state index is -0.448. The Bertz CT molecular complexity index is 516. The molecule has 0 radical (unpaired) electrons. The Balaban J connectivity index is 2.02. The van der Waals surface area contributed by atoms with Crippen LogP contribution in [0.5, 0.6) is 0 Å². The summed E-state index contributed by atoms with van der Waals surface area (Å²) in [5.41, 5.74) is 0.696. The molecule has 1 aromatic carbocycles. The van der Waals surface area contributed by atoms with Crippen molar-refractivity contribution in [2.24, 2.45) is 0 Å². The van der Waals surface area contributed by atoms with Gasteiger partial charge in [0.15, 0.2) is 0 Å². The van der Waals surface area contributed by atoms with Crippen molar-refractivity contribution in [1.82, 2.24) is 14.7 Å². The first-order chi connectivity index (χ1) is 11.0. The van der Waals surface area contributed by atoms with Crippen LogP contribution >= 0.6 is 0 Å². The summed E-state index contributed by atoms with van der Waals surface area (Å²) in [4.78, 5) is 18.9. The molecule has 0 unspecified atom stereocenters. The van der Waals surface area contributed by atoms with Crippen molar-refractivity contribution < 1.29 is 13.9 Å².